The van der Waals surface area contributed by atoms with Gasteiger partial charge in [-0.3, -0.25) is 4.40 Å². The van der Waals surface area contributed by atoms with Crippen molar-refractivity contribution in [3.8, 4) is 0 Å². The molecule has 0 unspecified atom stereocenters. The molecule has 0 spiro atoms. The number of allylic oxidation sites excluding steroid dienone is 1. The fourth-order valence-electron chi connectivity index (χ4n) is 2.80. The van der Waals surface area contributed by atoms with E-state index in [2.05, 4.69) is 26.3 Å². The third-order valence-electron chi connectivity index (χ3n) is 3.88. The lowest BCUT2D eigenvalue weighted by Crippen LogP contribution is -2.08. The van der Waals surface area contributed by atoms with Gasteiger partial charge >= 0.3 is 0 Å². The molecule has 3 aromatic heterocycles. The van der Waals surface area contributed by atoms with E-state index >= 15 is 0 Å². The molecule has 0 saturated heterocycles. The van der Waals surface area contributed by atoms with Crippen molar-refractivity contribution in [3.63, 3.8) is 0 Å². The second-order valence-corrected chi connectivity index (χ2v) is 5.19. The average Bonchev–Trinajstić information content (AvgIpc) is 2.94. The first-order valence-electron chi connectivity index (χ1n) is 7.13. The molecule has 0 fully saturated rings. The lowest BCUT2D eigenvalue weighted by atomic mass is 9.92. The predicted octanol–water partition coefficient (Wildman–Crippen LogP) is 2.68. The molecule has 3 aromatic rings. The fourth-order valence-corrected chi connectivity index (χ4v) is 2.80. The van der Waals surface area contributed by atoms with Gasteiger partial charge in [-0.05, 0) is 36.1 Å². The summed E-state index contributed by atoms with van der Waals surface area (Å²) in [4.78, 5) is 12.8. The molecule has 0 atom stereocenters. The van der Waals surface area contributed by atoms with E-state index in [9.17, 15) is 4.39 Å². The van der Waals surface area contributed by atoms with Gasteiger partial charge in [-0.25, -0.2) is 15.0 Å². The van der Waals surface area contributed by atoms with Crippen molar-refractivity contribution in [2.75, 3.05) is 12.4 Å². The van der Waals surface area contributed by atoms with Gasteiger partial charge in [-0.1, -0.05) is 6.08 Å². The molecule has 1 aliphatic carbocycles. The third kappa shape index (κ3) is 1.95. The van der Waals surface area contributed by atoms with E-state index in [1.807, 2.05) is 18.3 Å². The highest BCUT2D eigenvalue weighted by molar-refractivity contribution is 5.82. The zero-order valence-corrected chi connectivity index (χ0v) is 12.0. The Balaban J connectivity index is 1.85. The van der Waals surface area contributed by atoms with Gasteiger partial charge in [0.05, 0.1) is 11.9 Å². The summed E-state index contributed by atoms with van der Waals surface area (Å²) < 4.78 is 15.2. The molecular formula is C16H14FN5. The number of anilines is 1. The Hall–Kier alpha value is -2.76. The molecule has 22 heavy (non-hydrogen) atoms. The molecule has 0 amide bonds. The Morgan fingerprint density at radius 1 is 1.23 bits per heavy atom. The summed E-state index contributed by atoms with van der Waals surface area (Å²) in [7, 11) is 1.80. The molecule has 0 bridgehead atoms. The Labute approximate surface area is 126 Å². The number of pyridine rings is 1. The SMILES string of the molecule is CNc1ncc2c(n1)CCC=C2c1ccc2ncc(F)n2c1. The molecule has 1 N–H and O–H groups in total. The smallest absolute Gasteiger partial charge is 0.222 e. The van der Waals surface area contributed by atoms with Crippen LogP contribution in [0.25, 0.3) is 11.2 Å². The summed E-state index contributed by atoms with van der Waals surface area (Å²) in [5.74, 6) is 0.256. The minimum absolute atomic E-state index is 0.365. The maximum absolute atomic E-state index is 13.7. The number of imidazole rings is 1. The Kier molecular flexibility index (Phi) is 2.89. The average molecular weight is 295 g/mol. The summed E-state index contributed by atoms with van der Waals surface area (Å²) >= 11 is 0. The van der Waals surface area contributed by atoms with E-state index in [0.717, 1.165) is 35.2 Å². The van der Waals surface area contributed by atoms with Crippen molar-refractivity contribution < 1.29 is 4.39 Å². The molecule has 110 valence electrons. The topological polar surface area (TPSA) is 55.1 Å². The molecule has 0 aliphatic heterocycles. The normalized spacial score (nSPS) is 13.8. The number of aryl methyl sites for hydroxylation is 1. The van der Waals surface area contributed by atoms with Gasteiger partial charge in [0, 0.05) is 25.0 Å². The van der Waals surface area contributed by atoms with Gasteiger partial charge in [0.25, 0.3) is 0 Å². The van der Waals surface area contributed by atoms with E-state index in [-0.39, 0.29) is 5.95 Å². The molecule has 6 heteroatoms. The van der Waals surface area contributed by atoms with E-state index < -0.39 is 0 Å². The van der Waals surface area contributed by atoms with Crippen LogP contribution in [0.3, 0.4) is 0 Å². The highest BCUT2D eigenvalue weighted by Gasteiger charge is 2.17. The number of halogens is 1. The van der Waals surface area contributed by atoms with Crippen LogP contribution in [0.5, 0.6) is 0 Å². The van der Waals surface area contributed by atoms with Crippen LogP contribution in [0.1, 0.15) is 23.2 Å². The van der Waals surface area contributed by atoms with Crippen molar-refractivity contribution in [2.24, 2.45) is 0 Å². The molecule has 0 radical (unpaired) electrons. The van der Waals surface area contributed by atoms with Crippen molar-refractivity contribution in [2.45, 2.75) is 12.8 Å². The maximum Gasteiger partial charge on any atom is 0.222 e. The van der Waals surface area contributed by atoms with Crippen LogP contribution < -0.4 is 5.32 Å². The minimum atomic E-state index is -0.365. The first kappa shape index (κ1) is 12.9. The van der Waals surface area contributed by atoms with Gasteiger partial charge in [-0.15, -0.1) is 0 Å². The first-order chi connectivity index (χ1) is 10.8. The first-order valence-corrected chi connectivity index (χ1v) is 7.13. The van der Waals surface area contributed by atoms with Gasteiger partial charge in [0.15, 0.2) is 0 Å². The Morgan fingerprint density at radius 2 is 2.14 bits per heavy atom. The summed E-state index contributed by atoms with van der Waals surface area (Å²) in [6.45, 7) is 0. The number of nitrogens with one attached hydrogen (secondary N) is 1. The molecule has 3 heterocycles. The second-order valence-electron chi connectivity index (χ2n) is 5.19. The zero-order chi connectivity index (χ0) is 15.1. The lowest BCUT2D eigenvalue weighted by molar-refractivity contribution is 0.573. The van der Waals surface area contributed by atoms with Crippen LogP contribution in [-0.4, -0.2) is 26.4 Å². The van der Waals surface area contributed by atoms with E-state index in [0.29, 0.717) is 11.6 Å². The maximum atomic E-state index is 13.7. The van der Waals surface area contributed by atoms with E-state index in [1.54, 1.807) is 13.2 Å². The second kappa shape index (κ2) is 4.91. The van der Waals surface area contributed by atoms with Crippen molar-refractivity contribution in [1.82, 2.24) is 19.4 Å². The number of hydrogen-bond acceptors (Lipinski definition) is 4. The molecule has 0 aromatic carbocycles. The van der Waals surface area contributed by atoms with Crippen molar-refractivity contribution in [3.05, 3.63) is 59.6 Å². The predicted molar refractivity (Wildman–Crippen MR) is 82.1 cm³/mol. The van der Waals surface area contributed by atoms with Gasteiger partial charge < -0.3 is 5.32 Å². The number of rotatable bonds is 2. The number of aromatic nitrogens is 4. The third-order valence-corrected chi connectivity index (χ3v) is 3.88. The van der Waals surface area contributed by atoms with Crippen LogP contribution in [0, 0.1) is 5.95 Å². The molecule has 4 rings (SSSR count). The van der Waals surface area contributed by atoms with Crippen LogP contribution in [0.4, 0.5) is 10.3 Å². The van der Waals surface area contributed by atoms with Crippen LogP contribution >= 0.6 is 0 Å². The van der Waals surface area contributed by atoms with Crippen LogP contribution in [0.15, 0.2) is 36.8 Å². The van der Waals surface area contributed by atoms with Crippen molar-refractivity contribution in [1.29, 1.82) is 0 Å². The van der Waals surface area contributed by atoms with Crippen molar-refractivity contribution >= 4 is 17.2 Å². The van der Waals surface area contributed by atoms with Gasteiger partial charge in [0.2, 0.25) is 11.9 Å². The quantitative estimate of drug-likeness (QED) is 0.789. The number of hydrogen-bond donors (Lipinski definition) is 1. The van der Waals surface area contributed by atoms with Gasteiger partial charge in [-0.2, -0.15) is 4.39 Å². The van der Waals surface area contributed by atoms with Gasteiger partial charge in [0.1, 0.15) is 5.65 Å². The summed E-state index contributed by atoms with van der Waals surface area (Å²) in [5, 5.41) is 2.96. The fraction of sp³-hybridized carbons (Fsp3) is 0.188. The lowest BCUT2D eigenvalue weighted by Gasteiger charge is -2.17. The highest BCUT2D eigenvalue weighted by atomic mass is 19.1. The Bertz CT molecular complexity index is 897. The Morgan fingerprint density at radius 3 is 3.00 bits per heavy atom. The molecule has 5 nitrogen and oxygen atoms in total. The zero-order valence-electron chi connectivity index (χ0n) is 12.0. The number of fused-ring (bicyclic) bond motifs is 2. The summed E-state index contributed by atoms with van der Waals surface area (Å²) in [6, 6.07) is 3.77. The molecule has 0 saturated carbocycles. The summed E-state index contributed by atoms with van der Waals surface area (Å²) in [5.41, 5.74) is 4.60. The standard InChI is InChI=1S/C16H14FN5/c1-18-16-20-7-12-11(3-2-4-13(12)21-16)10-5-6-15-19-8-14(17)22(15)9-10/h3,5-9H,2,4H2,1H3,(H,18,20,21). The molecule has 1 aliphatic rings. The minimum Gasteiger partial charge on any atom is -0.357 e. The molecular weight excluding hydrogens is 281 g/mol. The van der Waals surface area contributed by atoms with Crippen LogP contribution in [0.2, 0.25) is 0 Å². The number of nitrogens with zero attached hydrogens (tertiary/aromatic N) is 4. The summed E-state index contributed by atoms with van der Waals surface area (Å²) in [6.07, 6.45) is 8.77. The largest absolute Gasteiger partial charge is 0.357 e. The van der Waals surface area contributed by atoms with E-state index in [4.69, 9.17) is 0 Å². The highest BCUT2D eigenvalue weighted by Crippen LogP contribution is 2.31. The van der Waals surface area contributed by atoms with E-state index in [1.165, 1.54) is 10.6 Å². The monoisotopic (exact) mass is 295 g/mol. The van der Waals surface area contributed by atoms with Crippen LogP contribution in [-0.2, 0) is 6.42 Å².